The van der Waals surface area contributed by atoms with Crippen LogP contribution in [0.5, 0.6) is 5.75 Å². The molecular weight excluding hydrogens is 250 g/mol. The van der Waals surface area contributed by atoms with E-state index in [0.29, 0.717) is 6.42 Å². The second-order valence-electron chi connectivity index (χ2n) is 4.92. The lowest BCUT2D eigenvalue weighted by Crippen LogP contribution is -2.16. The maximum absolute atomic E-state index is 9.68. The Morgan fingerprint density at radius 3 is 2.25 bits per heavy atom. The maximum Gasteiger partial charge on any atom is 0.119 e. The van der Waals surface area contributed by atoms with E-state index < -0.39 is 0 Å². The molecule has 0 radical (unpaired) electrons. The third kappa shape index (κ3) is 4.00. The van der Waals surface area contributed by atoms with Gasteiger partial charge in [0.2, 0.25) is 0 Å². The van der Waals surface area contributed by atoms with Gasteiger partial charge in [0.25, 0.3) is 0 Å². The summed E-state index contributed by atoms with van der Waals surface area (Å²) in [5.74, 6) is 0.835. The molecule has 0 heterocycles. The van der Waals surface area contributed by atoms with Gasteiger partial charge < -0.3 is 15.2 Å². The van der Waals surface area contributed by atoms with Crippen LogP contribution in [0.1, 0.15) is 24.9 Å². The Morgan fingerprint density at radius 2 is 1.70 bits per heavy atom. The standard InChI is InChI=1S/C17H21NO2/c1-13(19)12-17(14-6-4-3-5-7-14)18-15-8-10-16(20-2)11-9-15/h3-11,13,17-19H,12H2,1-2H3/t13-,17+/m1/s1. The van der Waals surface area contributed by atoms with E-state index in [9.17, 15) is 5.11 Å². The smallest absolute Gasteiger partial charge is 0.119 e. The molecule has 0 fully saturated rings. The molecule has 0 spiro atoms. The largest absolute Gasteiger partial charge is 0.497 e. The van der Waals surface area contributed by atoms with Crippen LogP contribution in [0.25, 0.3) is 0 Å². The number of hydrogen-bond donors (Lipinski definition) is 2. The van der Waals surface area contributed by atoms with Gasteiger partial charge in [0.05, 0.1) is 19.3 Å². The van der Waals surface area contributed by atoms with Crippen LogP contribution in [0, 0.1) is 0 Å². The molecule has 0 aliphatic carbocycles. The van der Waals surface area contributed by atoms with Crippen LogP contribution in [-0.4, -0.2) is 18.3 Å². The lowest BCUT2D eigenvalue weighted by molar-refractivity contribution is 0.177. The Labute approximate surface area is 120 Å². The summed E-state index contributed by atoms with van der Waals surface area (Å²) in [6, 6.07) is 18.1. The summed E-state index contributed by atoms with van der Waals surface area (Å²) in [6.45, 7) is 1.81. The zero-order valence-electron chi connectivity index (χ0n) is 11.9. The number of anilines is 1. The molecule has 2 atom stereocenters. The number of nitrogens with one attached hydrogen (secondary N) is 1. The molecule has 0 amide bonds. The maximum atomic E-state index is 9.68. The van der Waals surface area contributed by atoms with Crippen molar-refractivity contribution in [1.29, 1.82) is 0 Å². The van der Waals surface area contributed by atoms with E-state index in [-0.39, 0.29) is 12.1 Å². The first-order chi connectivity index (χ1) is 9.69. The van der Waals surface area contributed by atoms with Gasteiger partial charge in [-0.1, -0.05) is 30.3 Å². The van der Waals surface area contributed by atoms with E-state index in [1.54, 1.807) is 7.11 Å². The van der Waals surface area contributed by atoms with E-state index in [1.807, 2.05) is 49.4 Å². The second-order valence-corrected chi connectivity index (χ2v) is 4.92. The molecule has 2 aromatic rings. The zero-order chi connectivity index (χ0) is 14.4. The molecule has 0 saturated heterocycles. The van der Waals surface area contributed by atoms with Crippen molar-refractivity contribution in [3.63, 3.8) is 0 Å². The minimum atomic E-state index is -0.356. The van der Waals surface area contributed by atoms with Crippen molar-refractivity contribution in [2.24, 2.45) is 0 Å². The summed E-state index contributed by atoms with van der Waals surface area (Å²) in [4.78, 5) is 0. The van der Waals surface area contributed by atoms with Crippen molar-refractivity contribution in [3.8, 4) is 5.75 Å². The number of rotatable bonds is 6. The highest BCUT2D eigenvalue weighted by Crippen LogP contribution is 2.25. The monoisotopic (exact) mass is 271 g/mol. The highest BCUT2D eigenvalue weighted by molar-refractivity contribution is 5.48. The van der Waals surface area contributed by atoms with Crippen LogP contribution >= 0.6 is 0 Å². The first-order valence-corrected chi connectivity index (χ1v) is 6.82. The van der Waals surface area contributed by atoms with Crippen molar-refractivity contribution in [3.05, 3.63) is 60.2 Å². The Bertz CT molecular complexity index is 508. The Morgan fingerprint density at radius 1 is 1.05 bits per heavy atom. The minimum absolute atomic E-state index is 0.0876. The van der Waals surface area contributed by atoms with Gasteiger partial charge in [-0.3, -0.25) is 0 Å². The molecule has 106 valence electrons. The van der Waals surface area contributed by atoms with Crippen molar-refractivity contribution < 1.29 is 9.84 Å². The fourth-order valence-corrected chi connectivity index (χ4v) is 2.19. The van der Waals surface area contributed by atoms with Gasteiger partial charge in [-0.2, -0.15) is 0 Å². The normalized spacial score (nSPS) is 13.6. The molecule has 0 unspecified atom stereocenters. The number of methoxy groups -OCH3 is 1. The summed E-state index contributed by atoms with van der Waals surface area (Å²) in [5, 5.41) is 13.1. The van der Waals surface area contributed by atoms with Crippen LogP contribution in [0.3, 0.4) is 0 Å². The molecular formula is C17H21NO2. The summed E-state index contributed by atoms with van der Waals surface area (Å²) in [6.07, 6.45) is 0.307. The van der Waals surface area contributed by atoms with Gasteiger partial charge in [0, 0.05) is 5.69 Å². The molecule has 2 rings (SSSR count). The van der Waals surface area contributed by atoms with Gasteiger partial charge >= 0.3 is 0 Å². The van der Waals surface area contributed by atoms with Gasteiger partial charge in [-0.05, 0) is 43.2 Å². The third-order valence-electron chi connectivity index (χ3n) is 3.21. The minimum Gasteiger partial charge on any atom is -0.497 e. The van der Waals surface area contributed by atoms with E-state index >= 15 is 0 Å². The van der Waals surface area contributed by atoms with E-state index in [4.69, 9.17) is 4.74 Å². The fraction of sp³-hybridized carbons (Fsp3) is 0.294. The average Bonchev–Trinajstić information content (AvgIpc) is 2.48. The molecule has 0 aliphatic heterocycles. The quantitative estimate of drug-likeness (QED) is 0.843. The van der Waals surface area contributed by atoms with E-state index in [0.717, 1.165) is 11.4 Å². The molecule has 20 heavy (non-hydrogen) atoms. The highest BCUT2D eigenvalue weighted by atomic mass is 16.5. The molecule has 3 heteroatoms. The number of ether oxygens (including phenoxy) is 1. The van der Waals surface area contributed by atoms with E-state index in [2.05, 4.69) is 17.4 Å². The van der Waals surface area contributed by atoms with Crippen LogP contribution in [0.4, 0.5) is 5.69 Å². The van der Waals surface area contributed by atoms with Gasteiger partial charge in [0.1, 0.15) is 5.75 Å². The number of aliphatic hydroxyl groups excluding tert-OH is 1. The summed E-state index contributed by atoms with van der Waals surface area (Å²) < 4.78 is 5.16. The molecule has 3 nitrogen and oxygen atoms in total. The number of aliphatic hydroxyl groups is 1. The molecule has 0 aromatic heterocycles. The number of benzene rings is 2. The van der Waals surface area contributed by atoms with Crippen molar-refractivity contribution in [2.75, 3.05) is 12.4 Å². The van der Waals surface area contributed by atoms with Crippen LogP contribution < -0.4 is 10.1 Å². The Kier molecular flexibility index (Phi) is 5.02. The summed E-state index contributed by atoms with van der Waals surface area (Å²) in [5.41, 5.74) is 2.18. The molecule has 0 bridgehead atoms. The van der Waals surface area contributed by atoms with Gasteiger partial charge in [0.15, 0.2) is 0 Å². The summed E-state index contributed by atoms with van der Waals surface area (Å²) in [7, 11) is 1.66. The van der Waals surface area contributed by atoms with Crippen molar-refractivity contribution in [2.45, 2.75) is 25.5 Å². The van der Waals surface area contributed by atoms with Crippen molar-refractivity contribution >= 4 is 5.69 Å². The first kappa shape index (κ1) is 14.4. The first-order valence-electron chi connectivity index (χ1n) is 6.82. The van der Waals surface area contributed by atoms with Crippen LogP contribution in [-0.2, 0) is 0 Å². The average molecular weight is 271 g/mol. The SMILES string of the molecule is COc1ccc(N[C@@H](C[C@@H](C)O)c2ccccc2)cc1. The topological polar surface area (TPSA) is 41.5 Å². The predicted molar refractivity (Wildman–Crippen MR) is 82.1 cm³/mol. The second kappa shape index (κ2) is 6.96. The van der Waals surface area contributed by atoms with Crippen LogP contribution in [0.15, 0.2) is 54.6 Å². The Balaban J connectivity index is 2.14. The lowest BCUT2D eigenvalue weighted by atomic mass is 10.0. The predicted octanol–water partition coefficient (Wildman–Crippen LogP) is 3.62. The molecule has 2 N–H and O–H groups in total. The highest BCUT2D eigenvalue weighted by Gasteiger charge is 2.13. The fourth-order valence-electron chi connectivity index (χ4n) is 2.19. The van der Waals surface area contributed by atoms with E-state index in [1.165, 1.54) is 5.56 Å². The van der Waals surface area contributed by atoms with Crippen LogP contribution in [0.2, 0.25) is 0 Å². The van der Waals surface area contributed by atoms with Crippen molar-refractivity contribution in [1.82, 2.24) is 0 Å². The van der Waals surface area contributed by atoms with Gasteiger partial charge in [-0.15, -0.1) is 0 Å². The third-order valence-corrected chi connectivity index (χ3v) is 3.21. The lowest BCUT2D eigenvalue weighted by Gasteiger charge is -2.22. The van der Waals surface area contributed by atoms with Gasteiger partial charge in [-0.25, -0.2) is 0 Å². The zero-order valence-corrected chi connectivity index (χ0v) is 11.9. The number of hydrogen-bond acceptors (Lipinski definition) is 3. The molecule has 0 aliphatic rings. The molecule has 0 saturated carbocycles. The summed E-state index contributed by atoms with van der Waals surface area (Å²) >= 11 is 0. The Hall–Kier alpha value is -2.00. The molecule has 2 aromatic carbocycles.